The van der Waals surface area contributed by atoms with Gasteiger partial charge in [-0.25, -0.2) is 14.1 Å². The van der Waals surface area contributed by atoms with E-state index in [2.05, 4.69) is 20.3 Å². The van der Waals surface area contributed by atoms with E-state index in [1.165, 1.54) is 6.07 Å². The van der Waals surface area contributed by atoms with E-state index < -0.39 is 0 Å². The molecule has 0 bridgehead atoms. The van der Waals surface area contributed by atoms with Gasteiger partial charge in [0, 0.05) is 0 Å². The van der Waals surface area contributed by atoms with Crippen molar-refractivity contribution < 1.29 is 4.39 Å². The zero-order valence-corrected chi connectivity index (χ0v) is 12.9. The van der Waals surface area contributed by atoms with Crippen LogP contribution in [0.3, 0.4) is 0 Å². The summed E-state index contributed by atoms with van der Waals surface area (Å²) >= 11 is 0. The van der Waals surface area contributed by atoms with Crippen LogP contribution in [0.25, 0.3) is 33.8 Å². The van der Waals surface area contributed by atoms with E-state index in [-0.39, 0.29) is 5.82 Å². The summed E-state index contributed by atoms with van der Waals surface area (Å²) in [7, 11) is 0. The molecule has 0 unspecified atom stereocenters. The summed E-state index contributed by atoms with van der Waals surface area (Å²) in [6.45, 7) is 0. The number of rotatable bonds is 2. The number of aromatic nitrogens is 6. The normalized spacial score (nSPS) is 11.4. The molecule has 3 heterocycles. The van der Waals surface area contributed by atoms with E-state index in [0.717, 1.165) is 11.1 Å². The van der Waals surface area contributed by atoms with Gasteiger partial charge in [-0.05, 0) is 24.3 Å². The van der Waals surface area contributed by atoms with Crippen LogP contribution in [0.1, 0.15) is 0 Å². The summed E-state index contributed by atoms with van der Waals surface area (Å²) in [5.74, 6) is 0.0619. The zero-order valence-electron chi connectivity index (χ0n) is 12.9. The molecule has 0 saturated heterocycles. The molecule has 0 aliphatic carbocycles. The van der Waals surface area contributed by atoms with Gasteiger partial charge in [0.15, 0.2) is 17.1 Å². The first kappa shape index (κ1) is 13.8. The Kier molecular flexibility index (Phi) is 2.87. The van der Waals surface area contributed by atoms with Crippen molar-refractivity contribution in [1.82, 2.24) is 29.4 Å². The molecule has 0 N–H and O–H groups in total. The Labute approximate surface area is 141 Å². The third-order valence-corrected chi connectivity index (χ3v) is 4.09. The third kappa shape index (κ3) is 2.02. The Morgan fingerprint density at radius 2 is 1.64 bits per heavy atom. The number of hydrogen-bond acceptors (Lipinski definition) is 4. The smallest absolute Gasteiger partial charge is 0.175 e. The Balaban J connectivity index is 1.76. The Morgan fingerprint density at radius 1 is 0.840 bits per heavy atom. The lowest BCUT2D eigenvalue weighted by molar-refractivity contribution is 0.629. The van der Waals surface area contributed by atoms with Gasteiger partial charge in [-0.3, -0.25) is 4.40 Å². The number of halogens is 1. The van der Waals surface area contributed by atoms with Crippen LogP contribution in [0.4, 0.5) is 4.39 Å². The van der Waals surface area contributed by atoms with Gasteiger partial charge >= 0.3 is 0 Å². The summed E-state index contributed by atoms with van der Waals surface area (Å²) in [6.07, 6.45) is 3.30. The fourth-order valence-electron chi connectivity index (χ4n) is 2.91. The largest absolute Gasteiger partial charge is 0.264 e. The van der Waals surface area contributed by atoms with Crippen molar-refractivity contribution in [3.8, 4) is 17.1 Å². The first-order valence-electron chi connectivity index (χ1n) is 7.71. The second-order valence-corrected chi connectivity index (χ2v) is 5.57. The second-order valence-electron chi connectivity index (χ2n) is 5.57. The molecule has 25 heavy (non-hydrogen) atoms. The van der Waals surface area contributed by atoms with Crippen molar-refractivity contribution in [2.75, 3.05) is 0 Å². The van der Waals surface area contributed by atoms with Crippen LogP contribution in [-0.2, 0) is 0 Å². The maximum Gasteiger partial charge on any atom is 0.175 e. The van der Waals surface area contributed by atoms with Crippen molar-refractivity contribution in [2.45, 2.75) is 0 Å². The highest BCUT2D eigenvalue weighted by molar-refractivity contribution is 5.90. The quantitative estimate of drug-likeness (QED) is 0.498. The van der Waals surface area contributed by atoms with Crippen molar-refractivity contribution in [3.05, 3.63) is 72.9 Å². The van der Waals surface area contributed by atoms with Crippen LogP contribution >= 0.6 is 0 Å². The van der Waals surface area contributed by atoms with Crippen LogP contribution in [0.15, 0.2) is 67.1 Å². The molecule has 120 valence electrons. The van der Waals surface area contributed by atoms with Crippen LogP contribution in [0, 0.1) is 5.82 Å². The molecule has 2 aromatic carbocycles. The molecule has 0 aliphatic heterocycles. The minimum atomic E-state index is -0.350. The van der Waals surface area contributed by atoms with Gasteiger partial charge in [0.05, 0.1) is 22.8 Å². The molecule has 5 rings (SSSR count). The predicted octanol–water partition coefficient (Wildman–Crippen LogP) is 3.27. The van der Waals surface area contributed by atoms with Gasteiger partial charge in [-0.15, -0.1) is 10.2 Å². The van der Waals surface area contributed by atoms with Gasteiger partial charge in [-0.2, -0.15) is 5.10 Å². The highest BCUT2D eigenvalue weighted by atomic mass is 19.1. The zero-order chi connectivity index (χ0) is 16.8. The van der Waals surface area contributed by atoms with E-state index in [0.29, 0.717) is 22.7 Å². The predicted molar refractivity (Wildman–Crippen MR) is 90.8 cm³/mol. The summed E-state index contributed by atoms with van der Waals surface area (Å²) in [6, 6.07) is 16.2. The molecule has 0 spiro atoms. The molecule has 0 atom stereocenters. The van der Waals surface area contributed by atoms with E-state index in [4.69, 9.17) is 0 Å². The van der Waals surface area contributed by atoms with Crippen molar-refractivity contribution in [3.63, 3.8) is 0 Å². The number of nitrogens with zero attached hydrogens (tertiary/aromatic N) is 6. The van der Waals surface area contributed by atoms with E-state index in [1.807, 2.05) is 30.3 Å². The standard InChI is InChI=1S/C18H11FN6/c19-15-9-5-4-8-13(15)17-22-23-18-14-10-21-25(12-6-2-1-3-7-12)16(14)20-11-24(17)18/h1-11H. The highest BCUT2D eigenvalue weighted by Gasteiger charge is 2.16. The van der Waals surface area contributed by atoms with Crippen LogP contribution in [-0.4, -0.2) is 29.4 Å². The summed E-state index contributed by atoms with van der Waals surface area (Å²) in [5.41, 5.74) is 2.55. The van der Waals surface area contributed by atoms with Crippen LogP contribution in [0.5, 0.6) is 0 Å². The summed E-state index contributed by atoms with van der Waals surface area (Å²) in [5, 5.41) is 13.5. The molecule has 5 aromatic rings. The fraction of sp³-hybridized carbons (Fsp3) is 0. The Bertz CT molecular complexity index is 1210. The molecular formula is C18H11FN6. The monoisotopic (exact) mass is 330 g/mol. The minimum Gasteiger partial charge on any atom is -0.264 e. The average molecular weight is 330 g/mol. The number of benzene rings is 2. The van der Waals surface area contributed by atoms with Crippen molar-refractivity contribution in [2.24, 2.45) is 0 Å². The lowest BCUT2D eigenvalue weighted by atomic mass is 10.2. The van der Waals surface area contributed by atoms with Gasteiger partial charge < -0.3 is 0 Å². The Hall–Kier alpha value is -3.61. The maximum atomic E-state index is 14.1. The van der Waals surface area contributed by atoms with Gasteiger partial charge in [0.25, 0.3) is 0 Å². The first-order valence-corrected chi connectivity index (χ1v) is 7.71. The number of fused-ring (bicyclic) bond motifs is 3. The van der Waals surface area contributed by atoms with Crippen LogP contribution in [0.2, 0.25) is 0 Å². The van der Waals surface area contributed by atoms with Gasteiger partial charge in [0.1, 0.15) is 12.1 Å². The molecule has 7 heteroatoms. The number of para-hydroxylation sites is 1. The van der Waals surface area contributed by atoms with E-state index in [9.17, 15) is 4.39 Å². The molecule has 0 radical (unpaired) electrons. The molecule has 6 nitrogen and oxygen atoms in total. The fourth-order valence-corrected chi connectivity index (χ4v) is 2.91. The summed E-state index contributed by atoms with van der Waals surface area (Å²) in [4.78, 5) is 4.49. The molecular weight excluding hydrogens is 319 g/mol. The van der Waals surface area contributed by atoms with Gasteiger partial charge in [0.2, 0.25) is 0 Å². The minimum absolute atomic E-state index is 0.350. The van der Waals surface area contributed by atoms with Crippen molar-refractivity contribution >= 4 is 16.7 Å². The molecule has 0 amide bonds. The summed E-state index contributed by atoms with van der Waals surface area (Å²) < 4.78 is 17.5. The van der Waals surface area contributed by atoms with E-state index in [1.54, 1.807) is 39.8 Å². The molecule has 3 aromatic heterocycles. The topological polar surface area (TPSA) is 60.9 Å². The number of hydrogen-bond donors (Lipinski definition) is 0. The molecule has 0 saturated carbocycles. The van der Waals surface area contributed by atoms with Gasteiger partial charge in [-0.1, -0.05) is 30.3 Å². The Morgan fingerprint density at radius 3 is 2.48 bits per heavy atom. The molecule has 0 fully saturated rings. The third-order valence-electron chi connectivity index (χ3n) is 4.09. The molecule has 0 aliphatic rings. The second kappa shape index (κ2) is 5.20. The van der Waals surface area contributed by atoms with Crippen molar-refractivity contribution in [1.29, 1.82) is 0 Å². The SMILES string of the molecule is Fc1ccccc1-c1nnc2c3cnn(-c4ccccc4)c3ncn12. The van der Waals surface area contributed by atoms with Crippen LogP contribution < -0.4 is 0 Å². The lowest BCUT2D eigenvalue weighted by Gasteiger charge is -2.03. The highest BCUT2D eigenvalue weighted by Crippen LogP contribution is 2.25. The first-order chi connectivity index (χ1) is 12.3. The lowest BCUT2D eigenvalue weighted by Crippen LogP contribution is -1.99. The maximum absolute atomic E-state index is 14.1. The van der Waals surface area contributed by atoms with E-state index >= 15 is 0 Å². The average Bonchev–Trinajstić information content (AvgIpc) is 3.26.